The summed E-state index contributed by atoms with van der Waals surface area (Å²) in [6, 6.07) is 23.8. The van der Waals surface area contributed by atoms with E-state index in [2.05, 4.69) is 6.92 Å². The molecule has 0 aliphatic rings. The molecule has 0 aliphatic carbocycles. The van der Waals surface area contributed by atoms with Crippen molar-refractivity contribution in [3.63, 3.8) is 0 Å². The van der Waals surface area contributed by atoms with Gasteiger partial charge in [-0.3, -0.25) is 9.59 Å². The Bertz CT molecular complexity index is 927. The Morgan fingerprint density at radius 1 is 0.774 bits per heavy atom. The third kappa shape index (κ3) is 7.37. The lowest BCUT2D eigenvalue weighted by atomic mass is 10.1. The number of benzene rings is 2. The molecule has 0 radical (unpaired) electrons. The summed E-state index contributed by atoms with van der Waals surface area (Å²) in [6.45, 7) is 3.90. The lowest BCUT2D eigenvalue weighted by Crippen LogP contribution is -2.43. The van der Waals surface area contributed by atoms with Gasteiger partial charge in [-0.15, -0.1) is 11.3 Å². The molecule has 0 aliphatic heterocycles. The highest BCUT2D eigenvalue weighted by atomic mass is 32.1. The summed E-state index contributed by atoms with van der Waals surface area (Å²) in [4.78, 5) is 31.1. The molecule has 2 aromatic carbocycles. The van der Waals surface area contributed by atoms with Crippen molar-refractivity contribution < 1.29 is 9.59 Å². The fourth-order valence-electron chi connectivity index (χ4n) is 3.41. The van der Waals surface area contributed by atoms with Crippen molar-refractivity contribution >= 4 is 23.2 Å². The molecular weight excluding hydrogens is 404 g/mol. The summed E-state index contributed by atoms with van der Waals surface area (Å²) in [5.74, 6) is -0.0152. The Kier molecular flexibility index (Phi) is 8.85. The van der Waals surface area contributed by atoms with Crippen LogP contribution in [0.3, 0.4) is 0 Å². The van der Waals surface area contributed by atoms with Crippen LogP contribution in [0, 0.1) is 0 Å². The van der Waals surface area contributed by atoms with Gasteiger partial charge in [0.25, 0.3) is 0 Å². The number of rotatable bonds is 11. The number of amides is 2. The van der Waals surface area contributed by atoms with E-state index in [1.54, 1.807) is 16.2 Å². The highest BCUT2D eigenvalue weighted by Gasteiger charge is 2.22. The number of carbonyl (C=O) groups is 2. The van der Waals surface area contributed by atoms with Crippen molar-refractivity contribution in [2.45, 2.75) is 39.3 Å². The zero-order valence-corrected chi connectivity index (χ0v) is 18.9. The van der Waals surface area contributed by atoms with Gasteiger partial charge in [-0.2, -0.15) is 0 Å². The van der Waals surface area contributed by atoms with Gasteiger partial charge in [0.2, 0.25) is 11.8 Å². The smallest absolute Gasteiger partial charge is 0.242 e. The molecule has 162 valence electrons. The molecule has 5 heteroatoms. The van der Waals surface area contributed by atoms with Gasteiger partial charge in [0, 0.05) is 18.0 Å². The molecule has 0 saturated carbocycles. The highest BCUT2D eigenvalue weighted by Crippen LogP contribution is 2.16. The molecule has 2 amide bonds. The normalized spacial score (nSPS) is 10.6. The molecule has 0 spiro atoms. The summed E-state index contributed by atoms with van der Waals surface area (Å²) in [7, 11) is 0. The first-order valence-corrected chi connectivity index (χ1v) is 11.7. The zero-order chi connectivity index (χ0) is 21.9. The minimum Gasteiger partial charge on any atom is -0.333 e. The molecule has 1 heterocycles. The predicted molar refractivity (Wildman–Crippen MR) is 127 cm³/mol. The summed E-state index contributed by atoms with van der Waals surface area (Å²) in [5.41, 5.74) is 2.06. The standard InChI is InChI=1S/C26H30N2O2S/c1-2-3-16-27(25(29)18-22-11-6-4-7-12-22)21-26(30)28(20-24-15-10-17-31-24)19-23-13-8-5-9-14-23/h4-15,17H,2-3,16,18-21H2,1H3. The topological polar surface area (TPSA) is 40.6 Å². The molecule has 0 unspecified atom stereocenters. The van der Waals surface area contributed by atoms with Crippen LogP contribution in [0.5, 0.6) is 0 Å². The Morgan fingerprint density at radius 3 is 2.06 bits per heavy atom. The fourth-order valence-corrected chi connectivity index (χ4v) is 4.13. The molecule has 0 fully saturated rings. The monoisotopic (exact) mass is 434 g/mol. The molecule has 0 saturated heterocycles. The second kappa shape index (κ2) is 12.1. The van der Waals surface area contributed by atoms with E-state index in [-0.39, 0.29) is 18.4 Å². The SMILES string of the molecule is CCCCN(CC(=O)N(Cc1ccccc1)Cc1cccs1)C(=O)Cc1ccccc1. The minimum atomic E-state index is -0.0187. The van der Waals surface area contributed by atoms with E-state index in [0.717, 1.165) is 28.8 Å². The second-order valence-electron chi connectivity index (χ2n) is 7.65. The van der Waals surface area contributed by atoms with E-state index in [1.807, 2.05) is 83.1 Å². The van der Waals surface area contributed by atoms with Gasteiger partial charge in [0.15, 0.2) is 0 Å². The first-order chi connectivity index (χ1) is 15.2. The van der Waals surface area contributed by atoms with Crippen molar-refractivity contribution in [3.8, 4) is 0 Å². The molecule has 0 N–H and O–H groups in total. The van der Waals surface area contributed by atoms with E-state index in [1.165, 1.54) is 0 Å². The Balaban J connectivity index is 1.72. The number of nitrogens with zero attached hydrogens (tertiary/aromatic N) is 2. The first-order valence-electron chi connectivity index (χ1n) is 10.8. The first kappa shape index (κ1) is 22.8. The van der Waals surface area contributed by atoms with E-state index in [4.69, 9.17) is 0 Å². The van der Waals surface area contributed by atoms with Crippen LogP contribution in [0.15, 0.2) is 78.2 Å². The third-order valence-corrected chi connectivity index (χ3v) is 6.02. The zero-order valence-electron chi connectivity index (χ0n) is 18.1. The molecule has 4 nitrogen and oxygen atoms in total. The minimum absolute atomic E-state index is 0.00350. The lowest BCUT2D eigenvalue weighted by Gasteiger charge is -2.28. The summed E-state index contributed by atoms with van der Waals surface area (Å²) in [5, 5.41) is 2.03. The third-order valence-electron chi connectivity index (χ3n) is 5.15. The van der Waals surface area contributed by atoms with Crippen LogP contribution in [0.4, 0.5) is 0 Å². The summed E-state index contributed by atoms with van der Waals surface area (Å²) in [6.07, 6.45) is 2.19. The van der Waals surface area contributed by atoms with Gasteiger partial charge in [-0.05, 0) is 29.0 Å². The van der Waals surface area contributed by atoms with E-state index >= 15 is 0 Å². The summed E-state index contributed by atoms with van der Waals surface area (Å²) >= 11 is 1.65. The van der Waals surface area contributed by atoms with E-state index in [9.17, 15) is 9.59 Å². The van der Waals surface area contributed by atoms with E-state index in [0.29, 0.717) is 26.1 Å². The summed E-state index contributed by atoms with van der Waals surface area (Å²) < 4.78 is 0. The number of hydrogen-bond donors (Lipinski definition) is 0. The van der Waals surface area contributed by atoms with Gasteiger partial charge in [0.1, 0.15) is 0 Å². The van der Waals surface area contributed by atoms with Crippen molar-refractivity contribution in [3.05, 3.63) is 94.2 Å². The molecule has 3 aromatic rings. The van der Waals surface area contributed by atoms with Crippen LogP contribution in [0.2, 0.25) is 0 Å². The Morgan fingerprint density at radius 2 is 1.45 bits per heavy atom. The maximum absolute atomic E-state index is 13.3. The van der Waals surface area contributed by atoms with Crippen LogP contribution in [-0.4, -0.2) is 34.7 Å². The number of hydrogen-bond acceptors (Lipinski definition) is 3. The highest BCUT2D eigenvalue weighted by molar-refractivity contribution is 7.09. The van der Waals surface area contributed by atoms with Gasteiger partial charge >= 0.3 is 0 Å². The maximum atomic E-state index is 13.3. The van der Waals surface area contributed by atoms with E-state index < -0.39 is 0 Å². The predicted octanol–water partition coefficient (Wildman–Crippen LogP) is 5.15. The molecule has 0 bridgehead atoms. The molecule has 3 rings (SSSR count). The van der Waals surface area contributed by atoms with Crippen LogP contribution < -0.4 is 0 Å². The molecule has 0 atom stereocenters. The maximum Gasteiger partial charge on any atom is 0.242 e. The largest absolute Gasteiger partial charge is 0.333 e. The quantitative estimate of drug-likeness (QED) is 0.419. The Labute approximate surface area is 189 Å². The van der Waals surface area contributed by atoms with Crippen LogP contribution in [-0.2, 0) is 29.1 Å². The van der Waals surface area contributed by atoms with Crippen molar-refractivity contribution in [1.29, 1.82) is 0 Å². The van der Waals surface area contributed by atoms with Crippen LogP contribution in [0.25, 0.3) is 0 Å². The molecule has 31 heavy (non-hydrogen) atoms. The molecule has 1 aromatic heterocycles. The van der Waals surface area contributed by atoms with Gasteiger partial charge < -0.3 is 9.80 Å². The molecular formula is C26H30N2O2S. The van der Waals surface area contributed by atoms with Gasteiger partial charge in [-0.1, -0.05) is 80.1 Å². The average molecular weight is 435 g/mol. The van der Waals surface area contributed by atoms with Gasteiger partial charge in [0.05, 0.1) is 19.5 Å². The number of thiophene rings is 1. The fraction of sp³-hybridized carbons (Fsp3) is 0.308. The second-order valence-corrected chi connectivity index (χ2v) is 8.68. The van der Waals surface area contributed by atoms with Crippen molar-refractivity contribution in [2.75, 3.05) is 13.1 Å². The lowest BCUT2D eigenvalue weighted by molar-refractivity contribution is -0.141. The van der Waals surface area contributed by atoms with Crippen molar-refractivity contribution in [2.24, 2.45) is 0 Å². The van der Waals surface area contributed by atoms with Gasteiger partial charge in [-0.25, -0.2) is 0 Å². The van der Waals surface area contributed by atoms with Crippen LogP contribution >= 0.6 is 11.3 Å². The van der Waals surface area contributed by atoms with Crippen molar-refractivity contribution in [1.82, 2.24) is 9.80 Å². The average Bonchev–Trinajstić information content (AvgIpc) is 3.30. The van der Waals surface area contributed by atoms with Crippen LogP contribution in [0.1, 0.15) is 35.8 Å². The number of unbranched alkanes of at least 4 members (excludes halogenated alkanes) is 1. The Hall–Kier alpha value is -2.92. The number of carbonyl (C=O) groups excluding carboxylic acids is 2.